The van der Waals surface area contributed by atoms with Crippen LogP contribution in [0.5, 0.6) is 17.2 Å². The topological polar surface area (TPSA) is 105 Å². The second kappa shape index (κ2) is 6.92. The van der Waals surface area contributed by atoms with Crippen LogP contribution in [0.4, 0.5) is 0 Å². The van der Waals surface area contributed by atoms with Gasteiger partial charge in [-0.1, -0.05) is 0 Å². The molecule has 0 saturated heterocycles. The highest BCUT2D eigenvalue weighted by molar-refractivity contribution is 5.69. The van der Waals surface area contributed by atoms with Gasteiger partial charge in [-0.2, -0.15) is 0 Å². The number of phenols is 1. The lowest BCUT2D eigenvalue weighted by Crippen LogP contribution is -2.37. The highest BCUT2D eigenvalue weighted by atomic mass is 16.5. The Balaban J connectivity index is 2.72. The third-order valence-corrected chi connectivity index (χ3v) is 4.50. The van der Waals surface area contributed by atoms with E-state index in [0.29, 0.717) is 17.1 Å². The second-order valence-corrected chi connectivity index (χ2v) is 5.82. The monoisotopic (exact) mass is 351 g/mol. The van der Waals surface area contributed by atoms with E-state index in [-0.39, 0.29) is 23.7 Å². The first kappa shape index (κ1) is 18.4. The van der Waals surface area contributed by atoms with Crippen LogP contribution in [0.15, 0.2) is 12.1 Å². The first-order valence-electron chi connectivity index (χ1n) is 7.66. The molecular formula is C17H23N2O6+. The number of carbonyl (C=O) groups is 1. The normalized spacial score (nSPS) is 12.0. The number of hydrogen-bond acceptors (Lipinski definition) is 5. The molecule has 25 heavy (non-hydrogen) atoms. The quantitative estimate of drug-likeness (QED) is 0.538. The summed E-state index contributed by atoms with van der Waals surface area (Å²) in [5, 5.41) is 29.9. The van der Waals surface area contributed by atoms with Gasteiger partial charge in [-0.15, -0.1) is 0 Å². The molecule has 2 rings (SSSR count). The average molecular weight is 351 g/mol. The van der Waals surface area contributed by atoms with E-state index in [1.807, 2.05) is 6.92 Å². The van der Waals surface area contributed by atoms with Crippen LogP contribution < -0.4 is 14.0 Å². The summed E-state index contributed by atoms with van der Waals surface area (Å²) in [6.45, 7) is 3.58. The van der Waals surface area contributed by atoms with E-state index in [0.717, 1.165) is 10.4 Å². The van der Waals surface area contributed by atoms with E-state index in [1.54, 1.807) is 30.7 Å². The number of benzene rings is 1. The van der Waals surface area contributed by atoms with Crippen molar-refractivity contribution in [3.63, 3.8) is 0 Å². The van der Waals surface area contributed by atoms with Gasteiger partial charge in [0.1, 0.15) is 11.6 Å². The van der Waals surface area contributed by atoms with Gasteiger partial charge in [0.25, 0.3) is 0 Å². The molecule has 0 spiro atoms. The summed E-state index contributed by atoms with van der Waals surface area (Å²) >= 11 is 0. The summed E-state index contributed by atoms with van der Waals surface area (Å²) in [6, 6.07) is 3.09. The Hall–Kier alpha value is -2.90. The molecule has 0 aliphatic rings. The van der Waals surface area contributed by atoms with Crippen LogP contribution >= 0.6 is 0 Å². The molecule has 8 heteroatoms. The Morgan fingerprint density at radius 2 is 1.76 bits per heavy atom. The molecule has 0 aliphatic carbocycles. The minimum Gasteiger partial charge on any atom is -0.502 e. The van der Waals surface area contributed by atoms with Crippen molar-refractivity contribution in [2.45, 2.75) is 26.2 Å². The lowest BCUT2D eigenvalue weighted by molar-refractivity contribution is -0.686. The number of aromatic hydroxyl groups is 1. The minimum atomic E-state index is -1.02. The van der Waals surface area contributed by atoms with Crippen molar-refractivity contribution < 1.29 is 34.3 Å². The number of carboxylic acid groups (broad SMARTS) is 1. The number of ether oxygens (including phenoxy) is 2. The van der Waals surface area contributed by atoms with Crippen molar-refractivity contribution >= 4 is 5.97 Å². The molecule has 0 bridgehead atoms. The van der Waals surface area contributed by atoms with Gasteiger partial charge >= 0.3 is 11.8 Å². The summed E-state index contributed by atoms with van der Waals surface area (Å²) in [4.78, 5) is 11.4. The highest BCUT2D eigenvalue weighted by Gasteiger charge is 2.35. The third kappa shape index (κ3) is 3.19. The Kier molecular flexibility index (Phi) is 5.10. The lowest BCUT2D eigenvalue weighted by Gasteiger charge is -2.16. The van der Waals surface area contributed by atoms with Gasteiger partial charge < -0.3 is 24.9 Å². The number of nitrogens with zero attached hydrogens (tertiary/aromatic N) is 2. The summed E-state index contributed by atoms with van der Waals surface area (Å²) in [7, 11) is 4.55. The molecule has 0 radical (unpaired) electrons. The fourth-order valence-corrected chi connectivity index (χ4v) is 2.91. The Bertz CT molecular complexity index is 761. The maximum atomic E-state index is 11.4. The van der Waals surface area contributed by atoms with E-state index in [9.17, 15) is 20.2 Å². The molecule has 0 aliphatic heterocycles. The van der Waals surface area contributed by atoms with Crippen LogP contribution in [0.25, 0.3) is 0 Å². The smallest absolute Gasteiger partial charge is 0.304 e. The number of rotatable bonds is 6. The molecule has 0 amide bonds. The maximum Gasteiger partial charge on any atom is 0.304 e. The SMILES string of the molecule is COc1cc([C@H](CC(=O)O)c2n(O)c(C)c(C)[n+]2C)cc(OC)c1O. The molecule has 2 aromatic rings. The number of hydrogen-bond donors (Lipinski definition) is 3. The van der Waals surface area contributed by atoms with Crippen molar-refractivity contribution in [1.29, 1.82) is 0 Å². The first-order chi connectivity index (χ1) is 11.7. The number of aliphatic carboxylic acids is 1. The first-order valence-corrected chi connectivity index (χ1v) is 7.66. The zero-order valence-corrected chi connectivity index (χ0v) is 14.9. The molecule has 1 heterocycles. The van der Waals surface area contributed by atoms with Crippen molar-refractivity contribution in [2.24, 2.45) is 7.05 Å². The van der Waals surface area contributed by atoms with Crippen LogP contribution in [0, 0.1) is 13.8 Å². The summed E-state index contributed by atoms with van der Waals surface area (Å²) in [5.41, 5.74) is 1.97. The van der Waals surface area contributed by atoms with Crippen LogP contribution in [0.2, 0.25) is 0 Å². The summed E-state index contributed by atoms with van der Waals surface area (Å²) < 4.78 is 13.0. The van der Waals surface area contributed by atoms with Gasteiger partial charge in [0.2, 0.25) is 5.75 Å². The predicted molar refractivity (Wildman–Crippen MR) is 87.6 cm³/mol. The Labute approximate surface area is 145 Å². The van der Waals surface area contributed by atoms with Crippen molar-refractivity contribution in [1.82, 2.24) is 4.73 Å². The van der Waals surface area contributed by atoms with Crippen LogP contribution in [0.1, 0.15) is 35.1 Å². The molecular weight excluding hydrogens is 328 g/mol. The lowest BCUT2D eigenvalue weighted by atomic mass is 9.94. The van der Waals surface area contributed by atoms with E-state index in [2.05, 4.69) is 0 Å². The molecule has 1 aromatic heterocycles. The zero-order chi connectivity index (χ0) is 18.9. The van der Waals surface area contributed by atoms with Crippen LogP contribution in [0.3, 0.4) is 0 Å². The minimum absolute atomic E-state index is 0.164. The summed E-state index contributed by atoms with van der Waals surface area (Å²) in [5.74, 6) is -1.13. The second-order valence-electron chi connectivity index (χ2n) is 5.82. The Morgan fingerprint density at radius 1 is 1.24 bits per heavy atom. The number of aromatic nitrogens is 2. The van der Waals surface area contributed by atoms with Gasteiger partial charge in [0, 0.05) is 13.8 Å². The van der Waals surface area contributed by atoms with Gasteiger partial charge in [0.15, 0.2) is 17.2 Å². The molecule has 1 atom stereocenters. The fourth-order valence-electron chi connectivity index (χ4n) is 2.91. The van der Waals surface area contributed by atoms with Crippen molar-refractivity contribution in [3.8, 4) is 17.2 Å². The number of carboxylic acids is 1. The molecule has 8 nitrogen and oxygen atoms in total. The number of imidazole rings is 1. The van der Waals surface area contributed by atoms with Gasteiger partial charge in [-0.05, 0) is 22.4 Å². The third-order valence-electron chi connectivity index (χ3n) is 4.50. The van der Waals surface area contributed by atoms with Crippen LogP contribution in [-0.4, -0.2) is 40.3 Å². The molecule has 3 N–H and O–H groups in total. The van der Waals surface area contributed by atoms with E-state index >= 15 is 0 Å². The molecule has 0 fully saturated rings. The van der Waals surface area contributed by atoms with Crippen LogP contribution in [-0.2, 0) is 11.8 Å². The predicted octanol–water partition coefficient (Wildman–Crippen LogP) is 1.50. The standard InChI is InChI=1S/C17H22N2O6/c1-9-10(2)19(23)17(18(9)3)12(8-15(20)21)11-6-13(24-4)16(22)14(7-11)25-5/h6-7,12H,8H2,1-5H3,(H2-,20,21,22,23)/p+1/t12-/m0/s1. The van der Waals surface area contributed by atoms with E-state index in [4.69, 9.17) is 9.47 Å². The number of methoxy groups -OCH3 is 2. The number of phenolic OH excluding ortho intramolecular Hbond substituents is 1. The maximum absolute atomic E-state index is 11.4. The van der Waals surface area contributed by atoms with Gasteiger partial charge in [-0.25, -0.2) is 4.57 Å². The molecule has 1 aromatic carbocycles. The van der Waals surface area contributed by atoms with E-state index < -0.39 is 11.9 Å². The van der Waals surface area contributed by atoms with Crippen molar-refractivity contribution in [3.05, 3.63) is 34.9 Å². The Morgan fingerprint density at radius 3 is 2.12 bits per heavy atom. The van der Waals surface area contributed by atoms with Gasteiger partial charge in [0.05, 0.1) is 27.7 Å². The fraction of sp³-hybridized carbons (Fsp3) is 0.412. The average Bonchev–Trinajstić information content (AvgIpc) is 2.76. The van der Waals surface area contributed by atoms with Crippen molar-refractivity contribution in [2.75, 3.05) is 14.2 Å². The molecule has 0 saturated carbocycles. The highest BCUT2D eigenvalue weighted by Crippen LogP contribution is 2.41. The van der Waals surface area contributed by atoms with Gasteiger partial charge in [-0.3, -0.25) is 4.79 Å². The zero-order valence-electron chi connectivity index (χ0n) is 14.9. The molecule has 136 valence electrons. The molecule has 0 unspecified atom stereocenters. The summed E-state index contributed by atoms with van der Waals surface area (Å²) in [6.07, 6.45) is -0.256. The van der Waals surface area contributed by atoms with E-state index in [1.165, 1.54) is 14.2 Å². The largest absolute Gasteiger partial charge is 0.502 e.